The monoisotopic (exact) mass is 231 g/mol. The molecule has 0 bridgehead atoms. The van der Waals surface area contributed by atoms with Gasteiger partial charge in [0.1, 0.15) is 6.16 Å². The van der Waals surface area contributed by atoms with Gasteiger partial charge in [0.2, 0.25) is 0 Å². The van der Waals surface area contributed by atoms with Gasteiger partial charge < -0.3 is 14.0 Å². The number of Topliss-reactive ketones (excluding diaryl/α,β-unsaturated/α-hetero) is 1. The second-order valence-corrected chi connectivity index (χ2v) is 4.99. The van der Waals surface area contributed by atoms with E-state index >= 15 is 0 Å². The van der Waals surface area contributed by atoms with Gasteiger partial charge in [-0.15, -0.1) is 0 Å². The molecule has 0 amide bonds. The Morgan fingerprint density at radius 1 is 1.67 bits per heavy atom. The van der Waals surface area contributed by atoms with Gasteiger partial charge in [-0.3, -0.25) is 9.36 Å². The molecule has 0 radical (unpaired) electrons. The maximum absolute atomic E-state index is 11.6. The van der Waals surface area contributed by atoms with E-state index in [-0.39, 0.29) is 12.4 Å². The fourth-order valence-corrected chi connectivity index (χ4v) is 2.28. The first kappa shape index (κ1) is 12.2. The Labute approximate surface area is 88.2 Å². The third-order valence-corrected chi connectivity index (χ3v) is 3.25. The van der Waals surface area contributed by atoms with E-state index in [9.17, 15) is 14.3 Å². The van der Waals surface area contributed by atoms with Crippen molar-refractivity contribution in [2.24, 2.45) is 7.05 Å². The van der Waals surface area contributed by atoms with Crippen molar-refractivity contribution < 1.29 is 18.8 Å². The van der Waals surface area contributed by atoms with Crippen LogP contribution in [0.25, 0.3) is 0 Å². The second-order valence-electron chi connectivity index (χ2n) is 3.14. The quantitative estimate of drug-likeness (QED) is 0.614. The topological polar surface area (TPSA) is 68.5 Å². The number of nitrogens with zero attached hydrogens (tertiary/aromatic N) is 1. The molecule has 1 heterocycles. The van der Waals surface area contributed by atoms with E-state index < -0.39 is 13.8 Å². The van der Waals surface area contributed by atoms with Crippen molar-refractivity contribution in [1.29, 1.82) is 0 Å². The Balaban J connectivity index is 2.72. The summed E-state index contributed by atoms with van der Waals surface area (Å²) in [5.41, 5.74) is 0.406. The summed E-state index contributed by atoms with van der Waals surface area (Å²) < 4.78 is 17.6. The predicted octanol–water partition coefficient (Wildman–Crippen LogP) is 1.43. The average molecular weight is 231 g/mol. The lowest BCUT2D eigenvalue weighted by molar-refractivity contribution is 0.100. The molecule has 1 atom stereocenters. The first-order chi connectivity index (χ1) is 6.96. The van der Waals surface area contributed by atoms with E-state index in [2.05, 4.69) is 4.52 Å². The highest BCUT2D eigenvalue weighted by atomic mass is 31.2. The van der Waals surface area contributed by atoms with Crippen LogP contribution < -0.4 is 0 Å². The Morgan fingerprint density at radius 3 is 2.80 bits per heavy atom. The van der Waals surface area contributed by atoms with Crippen LogP contribution in [-0.2, 0) is 16.1 Å². The summed E-state index contributed by atoms with van der Waals surface area (Å²) in [6, 6.07) is 3.31. The molecule has 1 N–H and O–H groups in total. The molecular weight excluding hydrogens is 217 g/mol. The molecule has 1 unspecified atom stereocenters. The molecule has 0 aromatic carbocycles. The number of aryl methyl sites for hydroxylation is 1. The number of carbonyl (C=O) groups is 1. The first-order valence-corrected chi connectivity index (χ1v) is 6.33. The van der Waals surface area contributed by atoms with Gasteiger partial charge in [-0.1, -0.05) is 0 Å². The predicted molar refractivity (Wildman–Crippen MR) is 56.1 cm³/mol. The van der Waals surface area contributed by atoms with Gasteiger partial charge in [-0.05, 0) is 19.1 Å². The molecule has 6 heteroatoms. The van der Waals surface area contributed by atoms with Gasteiger partial charge in [0.05, 0.1) is 12.3 Å². The maximum Gasteiger partial charge on any atom is 0.335 e. The Kier molecular flexibility index (Phi) is 3.85. The number of aromatic nitrogens is 1. The van der Waals surface area contributed by atoms with Gasteiger partial charge in [-0.2, -0.15) is 0 Å². The van der Waals surface area contributed by atoms with Gasteiger partial charge in [0.25, 0.3) is 0 Å². The number of carbonyl (C=O) groups excluding carboxylic acids is 1. The highest BCUT2D eigenvalue weighted by Crippen LogP contribution is 2.41. The molecule has 0 aliphatic heterocycles. The maximum atomic E-state index is 11.6. The fraction of sp³-hybridized carbons (Fsp3) is 0.444. The van der Waals surface area contributed by atoms with Gasteiger partial charge in [0, 0.05) is 13.2 Å². The SMILES string of the molecule is CCOP(=O)(O)CC(=O)c1cccn1C. The summed E-state index contributed by atoms with van der Waals surface area (Å²) in [6.07, 6.45) is 1.23. The van der Waals surface area contributed by atoms with E-state index in [1.54, 1.807) is 36.9 Å². The van der Waals surface area contributed by atoms with Crippen molar-refractivity contribution in [3.63, 3.8) is 0 Å². The summed E-state index contributed by atoms with van der Waals surface area (Å²) in [7, 11) is -2.07. The number of rotatable bonds is 5. The smallest absolute Gasteiger partial charge is 0.335 e. The van der Waals surface area contributed by atoms with Crippen LogP contribution >= 0.6 is 7.60 Å². The van der Waals surface area contributed by atoms with E-state index in [1.165, 1.54) is 0 Å². The normalized spacial score (nSPS) is 14.9. The molecule has 0 saturated carbocycles. The highest BCUT2D eigenvalue weighted by Gasteiger charge is 2.25. The van der Waals surface area contributed by atoms with Crippen LogP contribution in [0.2, 0.25) is 0 Å². The van der Waals surface area contributed by atoms with Crippen LogP contribution in [0.5, 0.6) is 0 Å². The fourth-order valence-electron chi connectivity index (χ4n) is 1.26. The molecule has 0 saturated heterocycles. The number of hydrogen-bond donors (Lipinski definition) is 1. The summed E-state index contributed by atoms with van der Waals surface area (Å²) in [5.74, 6) is -0.387. The summed E-state index contributed by atoms with van der Waals surface area (Å²) in [6.45, 7) is 1.73. The van der Waals surface area contributed by atoms with E-state index in [1.807, 2.05) is 0 Å². The Morgan fingerprint density at radius 2 is 2.33 bits per heavy atom. The lowest BCUT2D eigenvalue weighted by Gasteiger charge is -2.09. The molecule has 1 rings (SSSR count). The third-order valence-electron chi connectivity index (χ3n) is 1.90. The second kappa shape index (κ2) is 4.75. The molecule has 0 spiro atoms. The van der Waals surface area contributed by atoms with Crippen molar-refractivity contribution in [2.75, 3.05) is 12.8 Å². The molecule has 0 fully saturated rings. The largest absolute Gasteiger partial charge is 0.348 e. The van der Waals surface area contributed by atoms with Gasteiger partial charge in [0.15, 0.2) is 5.78 Å². The van der Waals surface area contributed by atoms with Crippen molar-refractivity contribution in [1.82, 2.24) is 4.57 Å². The standard InChI is InChI=1S/C9H14NO4P/c1-3-14-15(12,13)7-9(11)8-5-4-6-10(8)2/h4-6H,3,7H2,1-2H3,(H,12,13). The van der Waals surface area contributed by atoms with Crippen molar-refractivity contribution >= 4 is 13.4 Å². The zero-order chi connectivity index (χ0) is 11.5. The lowest BCUT2D eigenvalue weighted by atomic mass is 10.3. The van der Waals surface area contributed by atoms with Gasteiger partial charge in [-0.25, -0.2) is 0 Å². The lowest BCUT2D eigenvalue weighted by Crippen LogP contribution is -2.11. The van der Waals surface area contributed by atoms with Crippen molar-refractivity contribution in [3.8, 4) is 0 Å². The molecule has 5 nitrogen and oxygen atoms in total. The van der Waals surface area contributed by atoms with Crippen LogP contribution in [-0.4, -0.2) is 28.0 Å². The van der Waals surface area contributed by atoms with Crippen LogP contribution in [0.15, 0.2) is 18.3 Å². The summed E-state index contributed by atoms with van der Waals surface area (Å²) in [4.78, 5) is 20.9. The molecule has 15 heavy (non-hydrogen) atoms. The van der Waals surface area contributed by atoms with Crippen LogP contribution in [0, 0.1) is 0 Å². The zero-order valence-corrected chi connectivity index (χ0v) is 9.61. The minimum Gasteiger partial charge on any atom is -0.348 e. The highest BCUT2D eigenvalue weighted by molar-refractivity contribution is 7.53. The molecule has 84 valence electrons. The minimum absolute atomic E-state index is 0.119. The number of ketones is 1. The zero-order valence-electron chi connectivity index (χ0n) is 8.71. The van der Waals surface area contributed by atoms with Crippen LogP contribution in [0.1, 0.15) is 17.4 Å². The minimum atomic E-state index is -3.77. The van der Waals surface area contributed by atoms with Crippen molar-refractivity contribution in [2.45, 2.75) is 6.92 Å². The average Bonchev–Trinajstić information content (AvgIpc) is 2.50. The number of hydrogen-bond acceptors (Lipinski definition) is 3. The molecule has 0 aliphatic carbocycles. The van der Waals surface area contributed by atoms with E-state index in [4.69, 9.17) is 0 Å². The molecule has 0 aliphatic rings. The third kappa shape index (κ3) is 3.30. The Bertz CT molecular complexity index is 399. The first-order valence-electron chi connectivity index (χ1n) is 4.57. The Hall–Kier alpha value is -0.900. The summed E-state index contributed by atoms with van der Waals surface area (Å²) in [5, 5.41) is 0. The van der Waals surface area contributed by atoms with Crippen LogP contribution in [0.4, 0.5) is 0 Å². The molecular formula is C9H14NO4P. The molecule has 1 aromatic rings. The van der Waals surface area contributed by atoms with Gasteiger partial charge >= 0.3 is 7.60 Å². The van der Waals surface area contributed by atoms with E-state index in [0.717, 1.165) is 0 Å². The van der Waals surface area contributed by atoms with Crippen LogP contribution in [0.3, 0.4) is 0 Å². The van der Waals surface area contributed by atoms with E-state index in [0.29, 0.717) is 5.69 Å². The van der Waals surface area contributed by atoms with Crippen molar-refractivity contribution in [3.05, 3.63) is 24.0 Å². The summed E-state index contributed by atoms with van der Waals surface area (Å²) >= 11 is 0. The molecule has 1 aromatic heterocycles.